The van der Waals surface area contributed by atoms with Crippen LogP contribution in [0.2, 0.25) is 0 Å². The van der Waals surface area contributed by atoms with Crippen LogP contribution in [0.5, 0.6) is 0 Å². The molecule has 4 heteroatoms. The van der Waals surface area contributed by atoms with E-state index < -0.39 is 0 Å². The maximum absolute atomic E-state index is 12.3. The van der Waals surface area contributed by atoms with E-state index in [4.69, 9.17) is 4.74 Å². The van der Waals surface area contributed by atoms with Gasteiger partial charge in [-0.05, 0) is 35.1 Å². The first-order valence-corrected chi connectivity index (χ1v) is 10.2. The Hall–Kier alpha value is -2.17. The van der Waals surface area contributed by atoms with E-state index in [9.17, 15) is 4.79 Å². The number of rotatable bonds is 6. The smallest absolute Gasteiger partial charge is 0.251 e. The average molecular weight is 381 g/mol. The van der Waals surface area contributed by atoms with Crippen molar-refractivity contribution in [3.63, 3.8) is 0 Å². The molecule has 0 bridgehead atoms. The van der Waals surface area contributed by atoms with E-state index in [1.54, 1.807) is 0 Å². The number of carbonyl (C=O) groups excluding carboxylic acids is 1. The van der Waals surface area contributed by atoms with Crippen LogP contribution in [0, 0.1) is 0 Å². The van der Waals surface area contributed by atoms with Gasteiger partial charge < -0.3 is 10.1 Å². The quantitative estimate of drug-likeness (QED) is 0.765. The Bertz CT molecular complexity index is 750. The van der Waals surface area contributed by atoms with Gasteiger partial charge in [0.25, 0.3) is 5.91 Å². The van der Waals surface area contributed by atoms with E-state index in [2.05, 4.69) is 55.3 Å². The molecular formula is C24H32N2O2. The second kappa shape index (κ2) is 9.35. The van der Waals surface area contributed by atoms with Crippen molar-refractivity contribution in [3.8, 4) is 0 Å². The van der Waals surface area contributed by atoms with E-state index in [-0.39, 0.29) is 17.4 Å². The summed E-state index contributed by atoms with van der Waals surface area (Å²) in [6.07, 6.45) is 1.08. The number of amides is 1. The van der Waals surface area contributed by atoms with E-state index in [1.807, 2.05) is 30.3 Å². The van der Waals surface area contributed by atoms with Crippen molar-refractivity contribution >= 4 is 5.91 Å². The third-order valence-electron chi connectivity index (χ3n) is 5.27. The van der Waals surface area contributed by atoms with Gasteiger partial charge in [0.2, 0.25) is 0 Å². The van der Waals surface area contributed by atoms with Gasteiger partial charge in [-0.2, -0.15) is 0 Å². The van der Waals surface area contributed by atoms with Crippen molar-refractivity contribution in [1.29, 1.82) is 0 Å². The monoisotopic (exact) mass is 380 g/mol. The fraction of sp³-hybridized carbons (Fsp3) is 0.458. The molecule has 1 fully saturated rings. The topological polar surface area (TPSA) is 41.6 Å². The number of nitrogens with one attached hydrogen (secondary N) is 1. The highest BCUT2D eigenvalue weighted by Crippen LogP contribution is 2.23. The molecule has 0 aromatic heterocycles. The minimum atomic E-state index is 0.00426. The average Bonchev–Trinajstić information content (AvgIpc) is 2.71. The summed E-state index contributed by atoms with van der Waals surface area (Å²) >= 11 is 0. The fourth-order valence-corrected chi connectivity index (χ4v) is 3.50. The van der Waals surface area contributed by atoms with Crippen LogP contribution >= 0.6 is 0 Å². The lowest BCUT2D eigenvalue weighted by Crippen LogP contribution is -2.39. The van der Waals surface area contributed by atoms with Crippen molar-refractivity contribution in [2.75, 3.05) is 32.8 Å². The van der Waals surface area contributed by atoms with Gasteiger partial charge in [0, 0.05) is 31.7 Å². The SMILES string of the molecule is CC(C)(C)c1ccc(C(=O)NCCCN2CCO[C@@H](c3ccccc3)C2)cc1. The Balaban J connectivity index is 1.41. The lowest BCUT2D eigenvalue weighted by molar-refractivity contribution is -0.0301. The summed E-state index contributed by atoms with van der Waals surface area (Å²) in [6, 6.07) is 18.3. The number of hydrogen-bond donors (Lipinski definition) is 1. The molecule has 150 valence electrons. The molecule has 0 aliphatic carbocycles. The van der Waals surface area contributed by atoms with Crippen molar-refractivity contribution < 1.29 is 9.53 Å². The van der Waals surface area contributed by atoms with Crippen LogP contribution in [-0.4, -0.2) is 43.6 Å². The van der Waals surface area contributed by atoms with Crippen LogP contribution in [0.3, 0.4) is 0 Å². The molecule has 3 rings (SSSR count). The second-order valence-electron chi connectivity index (χ2n) is 8.51. The molecular weight excluding hydrogens is 348 g/mol. The fourth-order valence-electron chi connectivity index (χ4n) is 3.50. The predicted molar refractivity (Wildman–Crippen MR) is 114 cm³/mol. The van der Waals surface area contributed by atoms with Crippen LogP contribution in [0.25, 0.3) is 0 Å². The van der Waals surface area contributed by atoms with Gasteiger partial charge in [0.1, 0.15) is 0 Å². The number of nitrogens with zero attached hydrogens (tertiary/aromatic N) is 1. The molecule has 0 saturated carbocycles. The van der Waals surface area contributed by atoms with Gasteiger partial charge >= 0.3 is 0 Å². The van der Waals surface area contributed by atoms with Crippen LogP contribution in [0.15, 0.2) is 54.6 Å². The molecule has 2 aromatic carbocycles. The number of benzene rings is 2. The normalized spacial score (nSPS) is 18.0. The molecule has 1 heterocycles. The van der Waals surface area contributed by atoms with Gasteiger partial charge in [-0.3, -0.25) is 9.69 Å². The Labute approximate surface area is 168 Å². The maximum Gasteiger partial charge on any atom is 0.251 e. The lowest BCUT2D eigenvalue weighted by Gasteiger charge is -2.33. The molecule has 1 saturated heterocycles. The van der Waals surface area contributed by atoms with E-state index in [0.29, 0.717) is 6.54 Å². The third-order valence-corrected chi connectivity index (χ3v) is 5.27. The van der Waals surface area contributed by atoms with E-state index in [0.717, 1.165) is 38.2 Å². The molecule has 0 radical (unpaired) electrons. The van der Waals surface area contributed by atoms with Gasteiger partial charge in [-0.15, -0.1) is 0 Å². The molecule has 28 heavy (non-hydrogen) atoms. The minimum Gasteiger partial charge on any atom is -0.371 e. The first-order chi connectivity index (χ1) is 13.4. The van der Waals surface area contributed by atoms with Crippen LogP contribution in [0.4, 0.5) is 0 Å². The van der Waals surface area contributed by atoms with Crippen LogP contribution in [0.1, 0.15) is 54.8 Å². The zero-order valence-corrected chi connectivity index (χ0v) is 17.3. The van der Waals surface area contributed by atoms with Gasteiger partial charge in [-0.25, -0.2) is 0 Å². The minimum absolute atomic E-state index is 0.00426. The molecule has 1 amide bonds. The first kappa shape index (κ1) is 20.6. The van der Waals surface area contributed by atoms with Crippen molar-refractivity contribution in [1.82, 2.24) is 10.2 Å². The van der Waals surface area contributed by atoms with Gasteiger partial charge in [-0.1, -0.05) is 63.2 Å². The highest BCUT2D eigenvalue weighted by molar-refractivity contribution is 5.94. The Kier molecular flexibility index (Phi) is 6.87. The summed E-state index contributed by atoms with van der Waals surface area (Å²) in [5.74, 6) is 0.00426. The molecule has 1 aliphatic heterocycles. The van der Waals surface area contributed by atoms with Gasteiger partial charge in [0.05, 0.1) is 12.7 Å². The zero-order valence-electron chi connectivity index (χ0n) is 17.3. The third kappa shape index (κ3) is 5.66. The summed E-state index contributed by atoms with van der Waals surface area (Å²) in [4.78, 5) is 14.8. The van der Waals surface area contributed by atoms with Gasteiger partial charge in [0.15, 0.2) is 0 Å². The van der Waals surface area contributed by atoms with Crippen LogP contribution < -0.4 is 5.32 Å². The summed E-state index contributed by atoms with van der Waals surface area (Å²) in [7, 11) is 0. The Morgan fingerprint density at radius 2 is 1.82 bits per heavy atom. The molecule has 1 atom stereocenters. The molecule has 0 spiro atoms. The summed E-state index contributed by atoms with van der Waals surface area (Å²) in [5, 5.41) is 3.04. The summed E-state index contributed by atoms with van der Waals surface area (Å²) in [6.45, 7) is 10.8. The standard InChI is InChI=1S/C24H32N2O2/c1-24(2,3)21-12-10-20(11-13-21)23(27)25-14-7-15-26-16-17-28-22(18-26)19-8-5-4-6-9-19/h4-6,8-13,22H,7,14-18H2,1-3H3,(H,25,27)/t22-/m1/s1. The summed E-state index contributed by atoms with van der Waals surface area (Å²) in [5.41, 5.74) is 3.30. The van der Waals surface area contributed by atoms with E-state index >= 15 is 0 Å². The van der Waals surface area contributed by atoms with Crippen molar-refractivity contribution in [2.45, 2.75) is 38.7 Å². The molecule has 2 aromatic rings. The Morgan fingerprint density at radius 1 is 1.11 bits per heavy atom. The molecule has 0 unspecified atom stereocenters. The lowest BCUT2D eigenvalue weighted by atomic mass is 9.87. The zero-order chi connectivity index (χ0) is 20.0. The van der Waals surface area contributed by atoms with Crippen molar-refractivity contribution in [2.24, 2.45) is 0 Å². The number of hydrogen-bond acceptors (Lipinski definition) is 3. The number of carbonyl (C=O) groups is 1. The second-order valence-corrected chi connectivity index (χ2v) is 8.51. The highest BCUT2D eigenvalue weighted by atomic mass is 16.5. The first-order valence-electron chi connectivity index (χ1n) is 10.2. The Morgan fingerprint density at radius 3 is 2.50 bits per heavy atom. The number of ether oxygens (including phenoxy) is 1. The van der Waals surface area contributed by atoms with E-state index in [1.165, 1.54) is 11.1 Å². The highest BCUT2D eigenvalue weighted by Gasteiger charge is 2.21. The van der Waals surface area contributed by atoms with Crippen molar-refractivity contribution in [3.05, 3.63) is 71.3 Å². The maximum atomic E-state index is 12.3. The summed E-state index contributed by atoms with van der Waals surface area (Å²) < 4.78 is 5.92. The molecule has 4 nitrogen and oxygen atoms in total. The molecule has 1 aliphatic rings. The largest absolute Gasteiger partial charge is 0.371 e. The van der Waals surface area contributed by atoms with Crippen LogP contribution in [-0.2, 0) is 10.2 Å². The predicted octanol–water partition coefficient (Wildman–Crippen LogP) is 4.18. The number of morpholine rings is 1. The molecule has 1 N–H and O–H groups in total.